The molecule has 16 nitrogen and oxygen atoms in total. The third-order valence-electron chi connectivity index (χ3n) is 8.41. The van der Waals surface area contributed by atoms with Gasteiger partial charge in [0.2, 0.25) is 29.5 Å². The van der Waals surface area contributed by atoms with Gasteiger partial charge in [-0.15, -0.1) is 0 Å². The molecule has 0 aliphatic carbocycles. The quantitative estimate of drug-likeness (QED) is 0.0408. The molecule has 0 bridgehead atoms. The molecule has 17 heteroatoms. The molecule has 1 aliphatic heterocycles. The number of nitrogens with one attached hydrogen (secondary N) is 7. The maximum Gasteiger partial charge on any atom is 0.246 e. The Morgan fingerprint density at radius 2 is 1.31 bits per heavy atom. The minimum Gasteiger partial charge on any atom is -0.370 e. The topological polar surface area (TPSA) is 274 Å². The van der Waals surface area contributed by atoms with Gasteiger partial charge >= 0.3 is 0 Å². The van der Waals surface area contributed by atoms with E-state index in [0.29, 0.717) is 19.3 Å². The predicted octanol–water partition coefficient (Wildman–Crippen LogP) is -0.337. The second-order valence-corrected chi connectivity index (χ2v) is 13.6. The SMILES string of the molecule is CC(=O)N[C@@H](CCCNC(=N)N)C(=O)N[C@@H](CCCNC(=N)N)C(=O)N[C@H](CCc1ccc(I)cc1)C(=O)N1Cc2ccccc2C[C@H]1C(N)=O. The highest BCUT2D eigenvalue weighted by Crippen LogP contribution is 2.25. The molecule has 0 saturated carbocycles. The summed E-state index contributed by atoms with van der Waals surface area (Å²) < 4.78 is 1.04. The molecule has 0 saturated heterocycles. The number of rotatable bonds is 18. The lowest BCUT2D eigenvalue weighted by molar-refractivity contribution is -0.144. The molecule has 3 rings (SSSR count). The van der Waals surface area contributed by atoms with Crippen LogP contribution in [0.3, 0.4) is 0 Å². The van der Waals surface area contributed by atoms with Crippen molar-refractivity contribution < 1.29 is 24.0 Å². The van der Waals surface area contributed by atoms with Gasteiger partial charge in [-0.1, -0.05) is 36.4 Å². The summed E-state index contributed by atoms with van der Waals surface area (Å²) in [5.41, 5.74) is 19.3. The second kappa shape index (κ2) is 20.0. The highest BCUT2D eigenvalue weighted by molar-refractivity contribution is 14.1. The zero-order valence-corrected chi connectivity index (χ0v) is 30.8. The number of hydrogen-bond acceptors (Lipinski definition) is 7. The number of carbonyl (C=O) groups is 5. The highest BCUT2D eigenvalue weighted by atomic mass is 127. The van der Waals surface area contributed by atoms with Crippen molar-refractivity contribution in [1.82, 2.24) is 31.5 Å². The number of amides is 5. The Hall–Kier alpha value is -4.94. The number of nitrogens with zero attached hydrogens (tertiary/aromatic N) is 1. The maximum atomic E-state index is 14.3. The maximum absolute atomic E-state index is 14.3. The molecule has 0 radical (unpaired) electrons. The number of hydrogen-bond donors (Lipinski definition) is 10. The molecule has 4 atom stereocenters. The third kappa shape index (κ3) is 13.4. The van der Waals surface area contributed by atoms with E-state index in [-0.39, 0.29) is 57.2 Å². The first kappa shape index (κ1) is 40.5. The fourth-order valence-corrected chi connectivity index (χ4v) is 6.17. The summed E-state index contributed by atoms with van der Waals surface area (Å²) in [5, 5.41) is 28.3. The molecule has 276 valence electrons. The average Bonchev–Trinajstić information content (AvgIpc) is 3.08. The third-order valence-corrected chi connectivity index (χ3v) is 9.13. The van der Waals surface area contributed by atoms with Crippen molar-refractivity contribution in [3.05, 3.63) is 68.8 Å². The molecular formula is C34H48IN11O5. The van der Waals surface area contributed by atoms with Crippen molar-refractivity contribution in [3.63, 3.8) is 0 Å². The van der Waals surface area contributed by atoms with E-state index in [9.17, 15) is 24.0 Å². The number of halogens is 1. The van der Waals surface area contributed by atoms with Crippen molar-refractivity contribution in [2.75, 3.05) is 13.1 Å². The zero-order valence-electron chi connectivity index (χ0n) is 28.6. The van der Waals surface area contributed by atoms with Crippen LogP contribution in [0.25, 0.3) is 0 Å². The largest absolute Gasteiger partial charge is 0.370 e. The molecule has 1 heterocycles. The van der Waals surface area contributed by atoms with Crippen molar-refractivity contribution in [1.29, 1.82) is 10.8 Å². The highest BCUT2D eigenvalue weighted by Gasteiger charge is 2.38. The number of primary amides is 1. The Balaban J connectivity index is 1.88. The van der Waals surface area contributed by atoms with Crippen LogP contribution in [-0.2, 0) is 43.4 Å². The summed E-state index contributed by atoms with van der Waals surface area (Å²) in [4.78, 5) is 67.9. The van der Waals surface area contributed by atoms with E-state index in [1.54, 1.807) is 0 Å². The Kier molecular flexibility index (Phi) is 15.9. The second-order valence-electron chi connectivity index (χ2n) is 12.4. The molecule has 0 fully saturated rings. The predicted molar refractivity (Wildman–Crippen MR) is 201 cm³/mol. The lowest BCUT2D eigenvalue weighted by atomic mass is 9.92. The lowest BCUT2D eigenvalue weighted by Crippen LogP contribution is -2.59. The van der Waals surface area contributed by atoms with E-state index < -0.39 is 53.7 Å². The van der Waals surface area contributed by atoms with Crippen molar-refractivity contribution >= 4 is 64.0 Å². The molecule has 1 aliphatic rings. The van der Waals surface area contributed by atoms with Crippen LogP contribution in [0.1, 0.15) is 55.7 Å². The normalized spacial score (nSPS) is 15.3. The van der Waals surface area contributed by atoms with Crippen LogP contribution in [-0.4, -0.2) is 83.6 Å². The number of carbonyl (C=O) groups excluding carboxylic acids is 5. The smallest absolute Gasteiger partial charge is 0.246 e. The van der Waals surface area contributed by atoms with E-state index in [1.165, 1.54) is 11.8 Å². The minimum atomic E-state index is -1.14. The van der Waals surface area contributed by atoms with E-state index in [0.717, 1.165) is 20.3 Å². The lowest BCUT2D eigenvalue weighted by Gasteiger charge is -2.37. The van der Waals surface area contributed by atoms with Crippen molar-refractivity contribution in [2.45, 2.75) is 82.6 Å². The van der Waals surface area contributed by atoms with Crippen LogP contribution in [0.2, 0.25) is 0 Å². The van der Waals surface area contributed by atoms with Crippen LogP contribution in [0.15, 0.2) is 48.5 Å². The van der Waals surface area contributed by atoms with Gasteiger partial charge in [-0.05, 0) is 89.9 Å². The Labute approximate surface area is 310 Å². The first-order chi connectivity index (χ1) is 24.2. The van der Waals surface area contributed by atoms with Gasteiger partial charge in [-0.3, -0.25) is 34.8 Å². The van der Waals surface area contributed by atoms with E-state index in [4.69, 9.17) is 28.0 Å². The molecular weight excluding hydrogens is 769 g/mol. The number of nitrogens with two attached hydrogens (primary N) is 3. The van der Waals surface area contributed by atoms with Crippen LogP contribution in [0.4, 0.5) is 0 Å². The Morgan fingerprint density at radius 1 is 0.784 bits per heavy atom. The molecule has 2 aromatic rings. The average molecular weight is 818 g/mol. The van der Waals surface area contributed by atoms with Crippen molar-refractivity contribution in [2.24, 2.45) is 17.2 Å². The van der Waals surface area contributed by atoms with Crippen LogP contribution >= 0.6 is 22.6 Å². The Bertz CT molecular complexity index is 1570. The summed E-state index contributed by atoms with van der Waals surface area (Å²) in [6, 6.07) is 11.1. The standard InChI is InChI=1S/C34H48IN11O5/c1-20(47)43-25(8-4-16-41-33(37)38)30(49)44-26(9-5-17-42-34(39)40)31(50)45-27(15-12-21-10-13-24(35)14-11-21)32(51)46-19-23-7-3-2-6-22(23)18-28(46)29(36)48/h2-3,6-7,10-11,13-14,25-28H,4-5,8-9,12,15-19H2,1H3,(H2,36,48)(H,43,47)(H,44,49)(H,45,50)(H4,37,38,41)(H4,39,40,42)/t25-,26-,27+,28-/m0/s1. The van der Waals surface area contributed by atoms with Gasteiger partial charge in [0, 0.05) is 36.5 Å². The van der Waals surface area contributed by atoms with Gasteiger partial charge in [-0.25, -0.2) is 0 Å². The zero-order chi connectivity index (χ0) is 37.5. The first-order valence-corrected chi connectivity index (χ1v) is 17.8. The van der Waals surface area contributed by atoms with Crippen LogP contribution in [0.5, 0.6) is 0 Å². The van der Waals surface area contributed by atoms with Crippen LogP contribution in [0, 0.1) is 14.4 Å². The number of guanidine groups is 2. The molecule has 5 amide bonds. The molecule has 0 spiro atoms. The van der Waals surface area contributed by atoms with Gasteiger partial charge < -0.3 is 48.7 Å². The number of benzene rings is 2. The fraction of sp³-hybridized carbons (Fsp3) is 0.441. The molecule has 0 aromatic heterocycles. The number of fused-ring (bicyclic) bond motifs is 1. The van der Waals surface area contributed by atoms with E-state index in [1.807, 2.05) is 48.5 Å². The van der Waals surface area contributed by atoms with Crippen LogP contribution < -0.4 is 43.8 Å². The first-order valence-electron chi connectivity index (χ1n) is 16.7. The van der Waals surface area contributed by atoms with Gasteiger partial charge in [0.25, 0.3) is 0 Å². The Morgan fingerprint density at radius 3 is 1.84 bits per heavy atom. The van der Waals surface area contributed by atoms with E-state index >= 15 is 0 Å². The number of aryl methyl sites for hydroxylation is 1. The monoisotopic (exact) mass is 817 g/mol. The summed E-state index contributed by atoms with van der Waals surface area (Å²) in [7, 11) is 0. The van der Waals surface area contributed by atoms with Gasteiger partial charge in [-0.2, -0.15) is 0 Å². The van der Waals surface area contributed by atoms with Gasteiger partial charge in [0.1, 0.15) is 24.2 Å². The fourth-order valence-electron chi connectivity index (χ4n) is 5.81. The summed E-state index contributed by atoms with van der Waals surface area (Å²) in [6.45, 7) is 1.93. The van der Waals surface area contributed by atoms with Gasteiger partial charge in [0.05, 0.1) is 0 Å². The van der Waals surface area contributed by atoms with Gasteiger partial charge in [0.15, 0.2) is 11.9 Å². The summed E-state index contributed by atoms with van der Waals surface area (Å²) in [5.74, 6) is -3.33. The molecule has 0 unspecified atom stereocenters. The van der Waals surface area contributed by atoms with Crippen molar-refractivity contribution in [3.8, 4) is 0 Å². The van der Waals surface area contributed by atoms with E-state index in [2.05, 4.69) is 49.2 Å². The minimum absolute atomic E-state index is 0.107. The molecule has 2 aromatic carbocycles. The summed E-state index contributed by atoms with van der Waals surface area (Å²) in [6.07, 6.45) is 1.86. The molecule has 51 heavy (non-hydrogen) atoms. The molecule has 13 N–H and O–H groups in total. The summed E-state index contributed by atoms with van der Waals surface area (Å²) >= 11 is 2.20.